The Bertz CT molecular complexity index is 1240. The fourth-order valence-corrected chi connectivity index (χ4v) is 3.21. The molecular formula is C24H17NO5. The van der Waals surface area contributed by atoms with Gasteiger partial charge in [-0.15, -0.1) is 0 Å². The van der Waals surface area contributed by atoms with E-state index in [-0.39, 0.29) is 34.7 Å². The molecule has 0 unspecified atom stereocenters. The van der Waals surface area contributed by atoms with Crippen LogP contribution in [-0.4, -0.2) is 27.2 Å². The molecule has 4 aromatic rings. The van der Waals surface area contributed by atoms with E-state index in [9.17, 15) is 19.5 Å². The minimum Gasteiger partial charge on any atom is -0.478 e. The molecule has 2 aromatic carbocycles. The van der Waals surface area contributed by atoms with E-state index < -0.39 is 11.9 Å². The number of ether oxygens (including phenoxy) is 1. The highest BCUT2D eigenvalue weighted by Crippen LogP contribution is 2.22. The van der Waals surface area contributed by atoms with Gasteiger partial charge >= 0.3 is 11.9 Å². The Hall–Kier alpha value is -4.19. The van der Waals surface area contributed by atoms with E-state index in [0.29, 0.717) is 5.56 Å². The van der Waals surface area contributed by atoms with Crippen molar-refractivity contribution in [3.05, 3.63) is 113 Å². The first-order valence-electron chi connectivity index (χ1n) is 9.24. The van der Waals surface area contributed by atoms with E-state index in [1.807, 2.05) is 30.3 Å². The maximum atomic E-state index is 12.9. The minimum atomic E-state index is -1.19. The van der Waals surface area contributed by atoms with Crippen LogP contribution in [0.15, 0.2) is 85.1 Å². The summed E-state index contributed by atoms with van der Waals surface area (Å²) in [4.78, 5) is 37.1. The lowest BCUT2D eigenvalue weighted by Gasteiger charge is -2.07. The van der Waals surface area contributed by atoms with E-state index in [1.54, 1.807) is 30.3 Å². The Morgan fingerprint density at radius 1 is 0.833 bits per heavy atom. The Balaban J connectivity index is 1.68. The molecule has 0 bridgehead atoms. The largest absolute Gasteiger partial charge is 0.478 e. The summed E-state index contributed by atoms with van der Waals surface area (Å²) in [6.07, 6.45) is 1.51. The van der Waals surface area contributed by atoms with Gasteiger partial charge in [-0.1, -0.05) is 60.7 Å². The van der Waals surface area contributed by atoms with E-state index in [2.05, 4.69) is 0 Å². The number of aromatic nitrogens is 1. The molecule has 0 saturated carbocycles. The average molecular weight is 399 g/mol. The molecule has 30 heavy (non-hydrogen) atoms. The molecular weight excluding hydrogens is 382 g/mol. The number of fused-ring (bicyclic) bond motifs is 1. The van der Waals surface area contributed by atoms with Crippen LogP contribution < -0.4 is 0 Å². The first kappa shape index (κ1) is 19.1. The van der Waals surface area contributed by atoms with Crippen molar-refractivity contribution in [1.29, 1.82) is 0 Å². The Morgan fingerprint density at radius 2 is 1.50 bits per heavy atom. The van der Waals surface area contributed by atoms with Crippen molar-refractivity contribution in [2.24, 2.45) is 0 Å². The average Bonchev–Trinajstić information content (AvgIpc) is 3.17. The fraction of sp³-hybridized carbons (Fsp3) is 0.0417. The van der Waals surface area contributed by atoms with Gasteiger partial charge in [0.2, 0.25) is 5.78 Å². The fourth-order valence-electron chi connectivity index (χ4n) is 3.21. The van der Waals surface area contributed by atoms with Crippen molar-refractivity contribution in [2.45, 2.75) is 6.61 Å². The molecule has 0 amide bonds. The van der Waals surface area contributed by atoms with Crippen LogP contribution in [0.5, 0.6) is 0 Å². The normalized spacial score (nSPS) is 10.7. The third-order valence-electron chi connectivity index (χ3n) is 4.72. The molecule has 0 saturated heterocycles. The third-order valence-corrected chi connectivity index (χ3v) is 4.72. The van der Waals surface area contributed by atoms with Gasteiger partial charge in [0.25, 0.3) is 0 Å². The predicted octanol–water partition coefficient (Wildman–Crippen LogP) is 4.23. The molecule has 1 N–H and O–H groups in total. The summed E-state index contributed by atoms with van der Waals surface area (Å²) in [7, 11) is 0. The number of nitrogens with zero attached hydrogens (tertiary/aromatic N) is 1. The maximum absolute atomic E-state index is 12.9. The number of carbonyl (C=O) groups excluding carboxylic acids is 2. The summed E-state index contributed by atoms with van der Waals surface area (Å²) in [5.74, 6) is -2.07. The van der Waals surface area contributed by atoms with Crippen LogP contribution in [0.1, 0.15) is 42.3 Å². The lowest BCUT2D eigenvalue weighted by molar-refractivity contribution is 0.0472. The lowest BCUT2D eigenvalue weighted by atomic mass is 10.1. The van der Waals surface area contributed by atoms with E-state index in [1.165, 1.54) is 28.8 Å². The number of rotatable bonds is 6. The molecule has 0 aliphatic heterocycles. The molecule has 0 radical (unpaired) electrons. The highest BCUT2D eigenvalue weighted by molar-refractivity contribution is 6.11. The smallest absolute Gasteiger partial charge is 0.338 e. The number of pyridine rings is 1. The van der Waals surface area contributed by atoms with E-state index >= 15 is 0 Å². The van der Waals surface area contributed by atoms with Gasteiger partial charge in [-0.3, -0.25) is 4.79 Å². The first-order valence-corrected chi connectivity index (χ1v) is 9.24. The second-order valence-corrected chi connectivity index (χ2v) is 6.68. The number of ketones is 1. The zero-order valence-electron chi connectivity index (χ0n) is 15.8. The van der Waals surface area contributed by atoms with Gasteiger partial charge in [0.05, 0.1) is 22.3 Å². The van der Waals surface area contributed by atoms with Gasteiger partial charge < -0.3 is 14.2 Å². The topological polar surface area (TPSA) is 85.1 Å². The van der Waals surface area contributed by atoms with Gasteiger partial charge in [-0.25, -0.2) is 9.59 Å². The predicted molar refractivity (Wildman–Crippen MR) is 110 cm³/mol. The van der Waals surface area contributed by atoms with Gasteiger partial charge in [0.15, 0.2) is 0 Å². The molecule has 2 heterocycles. The molecule has 148 valence electrons. The van der Waals surface area contributed by atoms with Crippen molar-refractivity contribution in [1.82, 2.24) is 4.40 Å². The van der Waals surface area contributed by atoms with Gasteiger partial charge in [-0.05, 0) is 23.8 Å². The van der Waals surface area contributed by atoms with Crippen LogP contribution in [0, 0.1) is 0 Å². The second-order valence-electron chi connectivity index (χ2n) is 6.68. The van der Waals surface area contributed by atoms with Crippen LogP contribution in [-0.2, 0) is 11.3 Å². The van der Waals surface area contributed by atoms with Crippen LogP contribution >= 0.6 is 0 Å². The molecule has 2 aromatic heterocycles. The summed E-state index contributed by atoms with van der Waals surface area (Å²) < 4.78 is 6.80. The zero-order valence-corrected chi connectivity index (χ0v) is 15.8. The zero-order chi connectivity index (χ0) is 21.1. The van der Waals surface area contributed by atoms with Crippen molar-refractivity contribution in [2.75, 3.05) is 0 Å². The van der Waals surface area contributed by atoms with Crippen molar-refractivity contribution in [3.8, 4) is 0 Å². The standard InChI is InChI=1S/C24H17NO5/c26-22(17-9-5-2-6-10-17)21-14-19(23(27)28)20-13-18(11-12-25(20)21)24(29)30-15-16-7-3-1-4-8-16/h1-14H,15H2,(H,27,28). The van der Waals surface area contributed by atoms with Crippen LogP contribution in [0.4, 0.5) is 0 Å². The van der Waals surface area contributed by atoms with Gasteiger partial charge in [0.1, 0.15) is 6.61 Å². The molecule has 0 aliphatic carbocycles. The van der Waals surface area contributed by atoms with E-state index in [4.69, 9.17) is 4.74 Å². The molecule has 4 rings (SSSR count). The highest BCUT2D eigenvalue weighted by atomic mass is 16.5. The summed E-state index contributed by atoms with van der Waals surface area (Å²) in [6, 6.07) is 22.1. The van der Waals surface area contributed by atoms with Crippen molar-refractivity contribution in [3.63, 3.8) is 0 Å². The quantitative estimate of drug-likeness (QED) is 0.387. The Morgan fingerprint density at radius 3 is 2.17 bits per heavy atom. The molecule has 6 heteroatoms. The van der Waals surface area contributed by atoms with Crippen LogP contribution in [0.2, 0.25) is 0 Å². The number of hydrogen-bond acceptors (Lipinski definition) is 4. The van der Waals surface area contributed by atoms with Crippen molar-refractivity contribution < 1.29 is 24.2 Å². The number of carbonyl (C=O) groups is 3. The van der Waals surface area contributed by atoms with Crippen LogP contribution in [0.3, 0.4) is 0 Å². The maximum Gasteiger partial charge on any atom is 0.338 e. The highest BCUT2D eigenvalue weighted by Gasteiger charge is 2.21. The van der Waals surface area contributed by atoms with Crippen molar-refractivity contribution >= 4 is 23.2 Å². The number of aromatic carboxylic acids is 1. The van der Waals surface area contributed by atoms with Gasteiger partial charge in [-0.2, -0.15) is 0 Å². The minimum absolute atomic E-state index is 0.0630. The summed E-state index contributed by atoms with van der Waals surface area (Å²) >= 11 is 0. The number of esters is 1. The monoisotopic (exact) mass is 399 g/mol. The second kappa shape index (κ2) is 8.05. The summed E-state index contributed by atoms with van der Waals surface area (Å²) in [6.45, 7) is 0.107. The van der Waals surface area contributed by atoms with Crippen LogP contribution in [0.25, 0.3) is 5.52 Å². The van der Waals surface area contributed by atoms with Gasteiger partial charge in [0, 0.05) is 11.8 Å². The summed E-state index contributed by atoms with van der Waals surface area (Å²) in [5, 5.41) is 9.59. The molecule has 0 atom stereocenters. The SMILES string of the molecule is O=C(OCc1ccccc1)c1ccn2c(C(=O)c3ccccc3)cc(C(=O)O)c2c1. The number of benzene rings is 2. The number of hydrogen-bond donors (Lipinski definition) is 1. The molecule has 6 nitrogen and oxygen atoms in total. The Kier molecular flexibility index (Phi) is 5.13. The summed E-state index contributed by atoms with van der Waals surface area (Å²) in [5.41, 5.74) is 1.88. The first-order chi connectivity index (χ1) is 14.5. The van der Waals surface area contributed by atoms with E-state index in [0.717, 1.165) is 5.56 Å². The molecule has 0 spiro atoms. The third kappa shape index (κ3) is 3.71. The Labute approximate surface area is 172 Å². The molecule has 0 fully saturated rings. The lowest BCUT2D eigenvalue weighted by Crippen LogP contribution is -2.08. The number of carboxylic acid groups (broad SMARTS) is 1. The number of carboxylic acids is 1. The molecule has 0 aliphatic rings.